The van der Waals surface area contributed by atoms with Crippen LogP contribution in [0.1, 0.15) is 45.4 Å². The van der Waals surface area contributed by atoms with Crippen molar-refractivity contribution in [3.8, 4) is 0 Å². The number of thiocarbonyl (C=S) groups is 1. The number of nitrogens with zero attached hydrogens (tertiary/aromatic N) is 1. The second kappa shape index (κ2) is 10.2. The van der Waals surface area contributed by atoms with Crippen LogP contribution in [0.2, 0.25) is 0 Å². The van der Waals surface area contributed by atoms with Crippen LogP contribution in [0.15, 0.2) is 5.10 Å². The quantitative estimate of drug-likeness (QED) is 0.229. The first-order valence-electron chi connectivity index (χ1n) is 5.37. The zero-order chi connectivity index (χ0) is 11.5. The fourth-order valence-electron chi connectivity index (χ4n) is 1.22. The Hall–Kier alpha value is -0.350. The topological polar surface area (TPSA) is 50.4 Å². The molecule has 0 rings (SSSR count). The van der Waals surface area contributed by atoms with Gasteiger partial charge in [0.25, 0.3) is 0 Å². The van der Waals surface area contributed by atoms with Gasteiger partial charge < -0.3 is 5.73 Å². The number of unbranched alkanes of at least 4 members (excludes halogenated alkanes) is 2. The molecule has 0 aromatic carbocycles. The number of nitrogens with one attached hydrogen (secondary N) is 1. The van der Waals surface area contributed by atoms with Crippen LogP contribution in [0.4, 0.5) is 0 Å². The summed E-state index contributed by atoms with van der Waals surface area (Å²) in [5.74, 6) is 0.667. The number of halogens is 1. The normalized spacial score (nSPS) is 11.5. The molecule has 15 heavy (non-hydrogen) atoms. The number of hydrogen-bond donors (Lipinski definition) is 2. The van der Waals surface area contributed by atoms with Crippen LogP contribution in [0.25, 0.3) is 0 Å². The molecule has 3 N–H and O–H groups in total. The third-order valence-corrected chi connectivity index (χ3v) is 2.35. The predicted octanol–water partition coefficient (Wildman–Crippen LogP) is 2.77. The minimum absolute atomic E-state index is 0.217. The van der Waals surface area contributed by atoms with Gasteiger partial charge >= 0.3 is 0 Å². The molecule has 0 saturated carbocycles. The Labute approximate surface area is 102 Å². The molecule has 0 radical (unpaired) electrons. The highest BCUT2D eigenvalue weighted by molar-refractivity contribution is 7.80. The first-order chi connectivity index (χ1) is 7.20. The molecular formula is C10H20ClN3S. The molecule has 0 fully saturated rings. The Morgan fingerprint density at radius 2 is 2.00 bits per heavy atom. The molecule has 0 aromatic heterocycles. The van der Waals surface area contributed by atoms with Gasteiger partial charge in [-0.15, -0.1) is 11.6 Å². The van der Waals surface area contributed by atoms with Crippen molar-refractivity contribution in [1.82, 2.24) is 5.43 Å². The maximum absolute atomic E-state index is 5.64. The lowest BCUT2D eigenvalue weighted by Crippen LogP contribution is -2.25. The second-order valence-electron chi connectivity index (χ2n) is 3.40. The molecule has 0 heterocycles. The summed E-state index contributed by atoms with van der Waals surface area (Å²) < 4.78 is 0. The van der Waals surface area contributed by atoms with E-state index >= 15 is 0 Å². The van der Waals surface area contributed by atoms with E-state index in [9.17, 15) is 0 Å². The molecule has 0 aromatic rings. The Kier molecular flexibility index (Phi) is 9.94. The maximum atomic E-state index is 5.64. The molecule has 0 spiro atoms. The highest BCUT2D eigenvalue weighted by Gasteiger charge is 2.00. The number of alkyl halides is 1. The zero-order valence-corrected chi connectivity index (χ0v) is 10.8. The van der Waals surface area contributed by atoms with E-state index in [0.29, 0.717) is 5.88 Å². The lowest BCUT2D eigenvalue weighted by Gasteiger charge is -2.05. The lowest BCUT2D eigenvalue weighted by molar-refractivity contribution is 0.730. The van der Waals surface area contributed by atoms with Gasteiger partial charge in [0.2, 0.25) is 0 Å². The number of rotatable bonds is 8. The summed E-state index contributed by atoms with van der Waals surface area (Å²) in [6.45, 7) is 2.18. The van der Waals surface area contributed by atoms with E-state index in [2.05, 4.69) is 17.5 Å². The monoisotopic (exact) mass is 249 g/mol. The third kappa shape index (κ3) is 9.94. The van der Waals surface area contributed by atoms with E-state index in [1.165, 1.54) is 12.8 Å². The SMILES string of the molecule is CCCCCC(CCCCl)=NNC(N)=S. The van der Waals surface area contributed by atoms with Crippen LogP contribution in [-0.4, -0.2) is 16.7 Å². The van der Waals surface area contributed by atoms with Gasteiger partial charge in [0.1, 0.15) is 0 Å². The van der Waals surface area contributed by atoms with Crippen molar-refractivity contribution in [3.63, 3.8) is 0 Å². The van der Waals surface area contributed by atoms with Gasteiger partial charge in [0.05, 0.1) is 0 Å². The van der Waals surface area contributed by atoms with Crippen molar-refractivity contribution >= 4 is 34.6 Å². The van der Waals surface area contributed by atoms with Gasteiger partial charge in [-0.25, -0.2) is 0 Å². The molecule has 0 aliphatic rings. The predicted molar refractivity (Wildman–Crippen MR) is 71.5 cm³/mol. The van der Waals surface area contributed by atoms with Crippen molar-refractivity contribution in [2.24, 2.45) is 10.8 Å². The number of nitrogens with two attached hydrogens (primary N) is 1. The molecule has 0 aliphatic carbocycles. The first kappa shape index (κ1) is 14.6. The van der Waals surface area contributed by atoms with E-state index in [1.807, 2.05) is 0 Å². The number of hydrogen-bond acceptors (Lipinski definition) is 2. The van der Waals surface area contributed by atoms with E-state index in [-0.39, 0.29) is 5.11 Å². The molecule has 0 bridgehead atoms. The smallest absolute Gasteiger partial charge is 0.184 e. The van der Waals surface area contributed by atoms with Crippen LogP contribution in [0, 0.1) is 0 Å². The highest BCUT2D eigenvalue weighted by Crippen LogP contribution is 2.05. The van der Waals surface area contributed by atoms with Crippen LogP contribution < -0.4 is 11.2 Å². The summed E-state index contributed by atoms with van der Waals surface area (Å²) >= 11 is 10.3. The van der Waals surface area contributed by atoms with Gasteiger partial charge in [0, 0.05) is 11.6 Å². The van der Waals surface area contributed by atoms with Crippen molar-refractivity contribution < 1.29 is 0 Å². The van der Waals surface area contributed by atoms with Gasteiger partial charge in [0.15, 0.2) is 5.11 Å². The first-order valence-corrected chi connectivity index (χ1v) is 6.31. The van der Waals surface area contributed by atoms with Crippen molar-refractivity contribution in [2.45, 2.75) is 45.4 Å². The second-order valence-corrected chi connectivity index (χ2v) is 4.22. The lowest BCUT2D eigenvalue weighted by atomic mass is 10.1. The standard InChI is InChI=1S/C10H20ClN3S/c1-2-3-4-6-9(7-5-8-11)13-14-10(12)15/h2-8H2,1H3,(H3,12,14,15). The third-order valence-electron chi connectivity index (χ3n) is 1.99. The van der Waals surface area contributed by atoms with E-state index in [0.717, 1.165) is 31.4 Å². The minimum Gasteiger partial charge on any atom is -0.375 e. The highest BCUT2D eigenvalue weighted by atomic mass is 35.5. The summed E-state index contributed by atoms with van der Waals surface area (Å²) in [5.41, 5.74) is 9.06. The van der Waals surface area contributed by atoms with Crippen LogP contribution >= 0.6 is 23.8 Å². The van der Waals surface area contributed by atoms with Crippen LogP contribution in [0.3, 0.4) is 0 Å². The summed E-state index contributed by atoms with van der Waals surface area (Å²) in [7, 11) is 0. The largest absolute Gasteiger partial charge is 0.375 e. The average molecular weight is 250 g/mol. The molecule has 0 saturated heterocycles. The summed E-state index contributed by atoms with van der Waals surface area (Å²) in [4.78, 5) is 0. The summed E-state index contributed by atoms with van der Waals surface area (Å²) in [6.07, 6.45) is 6.48. The van der Waals surface area contributed by atoms with Crippen molar-refractivity contribution in [3.05, 3.63) is 0 Å². The van der Waals surface area contributed by atoms with E-state index in [4.69, 9.17) is 29.6 Å². The Morgan fingerprint density at radius 1 is 1.33 bits per heavy atom. The maximum Gasteiger partial charge on any atom is 0.184 e. The van der Waals surface area contributed by atoms with E-state index < -0.39 is 0 Å². The molecule has 0 unspecified atom stereocenters. The molecule has 5 heteroatoms. The molecule has 88 valence electrons. The van der Waals surface area contributed by atoms with Crippen LogP contribution in [-0.2, 0) is 0 Å². The fourth-order valence-corrected chi connectivity index (χ4v) is 1.40. The zero-order valence-electron chi connectivity index (χ0n) is 9.26. The fraction of sp³-hybridized carbons (Fsp3) is 0.800. The van der Waals surface area contributed by atoms with Crippen molar-refractivity contribution in [2.75, 3.05) is 5.88 Å². The molecule has 0 amide bonds. The minimum atomic E-state index is 0.217. The molecule has 0 atom stereocenters. The average Bonchev–Trinajstić information content (AvgIpc) is 2.21. The van der Waals surface area contributed by atoms with Crippen LogP contribution in [0.5, 0.6) is 0 Å². The van der Waals surface area contributed by atoms with Gasteiger partial charge in [-0.3, -0.25) is 5.43 Å². The molecule has 0 aliphatic heterocycles. The summed E-state index contributed by atoms with van der Waals surface area (Å²) in [5, 5.41) is 4.39. The molecular weight excluding hydrogens is 230 g/mol. The van der Waals surface area contributed by atoms with Gasteiger partial charge in [-0.1, -0.05) is 19.8 Å². The van der Waals surface area contributed by atoms with Gasteiger partial charge in [-0.05, 0) is 37.9 Å². The Balaban J connectivity index is 3.93. The number of hydrazone groups is 1. The Bertz CT molecular complexity index is 207. The molecule has 3 nitrogen and oxygen atoms in total. The van der Waals surface area contributed by atoms with Crippen molar-refractivity contribution in [1.29, 1.82) is 0 Å². The summed E-state index contributed by atoms with van der Waals surface area (Å²) in [6, 6.07) is 0. The van der Waals surface area contributed by atoms with Gasteiger partial charge in [-0.2, -0.15) is 5.10 Å². The van der Waals surface area contributed by atoms with E-state index in [1.54, 1.807) is 0 Å². The Morgan fingerprint density at radius 3 is 2.53 bits per heavy atom.